The van der Waals surface area contributed by atoms with Crippen molar-refractivity contribution in [2.75, 3.05) is 12.4 Å². The maximum atomic E-state index is 10.8. The molecule has 0 bridgehead atoms. The van der Waals surface area contributed by atoms with E-state index in [9.17, 15) is 13.0 Å². The van der Waals surface area contributed by atoms with Crippen LogP contribution in [0.3, 0.4) is 0 Å². The minimum atomic E-state index is -4.17. The monoisotopic (exact) mass is 434 g/mol. The SMILES string of the molecule is CCCCCCCc1cccc(CCCCCCC)c1OCCCS(=O)(=O)[O-].[Na+]. The van der Waals surface area contributed by atoms with Crippen molar-refractivity contribution in [3.05, 3.63) is 29.3 Å². The van der Waals surface area contributed by atoms with Crippen molar-refractivity contribution in [2.45, 2.75) is 97.3 Å². The molecule has 0 spiro atoms. The Morgan fingerprint density at radius 1 is 0.793 bits per heavy atom. The molecule has 1 aromatic rings. The summed E-state index contributed by atoms with van der Waals surface area (Å²) in [5.41, 5.74) is 2.43. The molecule has 0 N–H and O–H groups in total. The predicted octanol–water partition coefficient (Wildman–Crippen LogP) is 3.03. The van der Waals surface area contributed by atoms with Gasteiger partial charge in [0.1, 0.15) is 5.75 Å². The molecular formula is C23H39NaO4S. The van der Waals surface area contributed by atoms with Crippen molar-refractivity contribution < 1.29 is 47.3 Å². The van der Waals surface area contributed by atoms with E-state index in [4.69, 9.17) is 4.74 Å². The van der Waals surface area contributed by atoms with Gasteiger partial charge in [0.2, 0.25) is 0 Å². The zero-order valence-corrected chi connectivity index (χ0v) is 21.7. The van der Waals surface area contributed by atoms with Gasteiger partial charge < -0.3 is 9.29 Å². The van der Waals surface area contributed by atoms with Crippen molar-refractivity contribution in [1.29, 1.82) is 0 Å². The molecule has 0 unspecified atom stereocenters. The number of ether oxygens (including phenoxy) is 1. The van der Waals surface area contributed by atoms with Crippen LogP contribution in [0.4, 0.5) is 0 Å². The maximum Gasteiger partial charge on any atom is 1.00 e. The average Bonchev–Trinajstić information content (AvgIpc) is 2.65. The Balaban J connectivity index is 0.00000784. The second kappa shape index (κ2) is 17.6. The Morgan fingerprint density at radius 2 is 1.28 bits per heavy atom. The first-order valence-corrected chi connectivity index (χ1v) is 12.7. The van der Waals surface area contributed by atoms with Crippen molar-refractivity contribution >= 4 is 10.1 Å². The average molecular weight is 435 g/mol. The Labute approximate surface area is 201 Å². The molecule has 29 heavy (non-hydrogen) atoms. The van der Waals surface area contributed by atoms with Crippen LogP contribution in [-0.2, 0) is 23.0 Å². The topological polar surface area (TPSA) is 66.4 Å². The number of benzene rings is 1. The number of rotatable bonds is 17. The van der Waals surface area contributed by atoms with E-state index < -0.39 is 10.1 Å². The summed E-state index contributed by atoms with van der Waals surface area (Å²) in [6.07, 6.45) is 14.5. The fourth-order valence-electron chi connectivity index (χ4n) is 3.47. The summed E-state index contributed by atoms with van der Waals surface area (Å²) >= 11 is 0. The van der Waals surface area contributed by atoms with Crippen LogP contribution >= 0.6 is 0 Å². The summed E-state index contributed by atoms with van der Waals surface area (Å²) in [5.74, 6) is 0.565. The number of aryl methyl sites for hydroxylation is 2. The van der Waals surface area contributed by atoms with Crippen LogP contribution in [0.25, 0.3) is 0 Å². The molecule has 162 valence electrons. The summed E-state index contributed by atoms with van der Waals surface area (Å²) in [7, 11) is -4.17. The van der Waals surface area contributed by atoms with Gasteiger partial charge in [-0.15, -0.1) is 0 Å². The van der Waals surface area contributed by atoms with Gasteiger partial charge in [0.25, 0.3) is 0 Å². The molecule has 6 heteroatoms. The Kier molecular flexibility index (Phi) is 17.6. The van der Waals surface area contributed by atoms with Gasteiger partial charge in [-0.25, -0.2) is 8.42 Å². The van der Waals surface area contributed by atoms with Gasteiger partial charge in [-0.05, 0) is 43.2 Å². The van der Waals surface area contributed by atoms with Gasteiger partial charge in [0.15, 0.2) is 0 Å². The molecule has 0 fully saturated rings. The molecule has 0 saturated carbocycles. The molecule has 0 heterocycles. The van der Waals surface area contributed by atoms with Crippen LogP contribution in [0.15, 0.2) is 18.2 Å². The van der Waals surface area contributed by atoms with Crippen molar-refractivity contribution in [3.8, 4) is 5.75 Å². The minimum Gasteiger partial charge on any atom is -0.748 e. The third-order valence-electron chi connectivity index (χ3n) is 5.06. The molecule has 0 saturated heterocycles. The molecule has 0 aromatic heterocycles. The van der Waals surface area contributed by atoms with E-state index in [0.29, 0.717) is 0 Å². The van der Waals surface area contributed by atoms with Crippen molar-refractivity contribution in [3.63, 3.8) is 0 Å². The number of hydrogen-bond donors (Lipinski definition) is 0. The molecule has 0 aliphatic rings. The van der Waals surface area contributed by atoms with Gasteiger partial charge in [-0.1, -0.05) is 83.4 Å². The summed E-state index contributed by atoms with van der Waals surface area (Å²) in [6.45, 7) is 4.72. The van der Waals surface area contributed by atoms with Crippen LogP contribution in [0, 0.1) is 0 Å². The van der Waals surface area contributed by atoms with Crippen LogP contribution in [0.5, 0.6) is 5.75 Å². The van der Waals surface area contributed by atoms with E-state index in [0.717, 1.165) is 31.4 Å². The van der Waals surface area contributed by atoms with E-state index in [1.54, 1.807) is 0 Å². The zero-order valence-electron chi connectivity index (χ0n) is 18.9. The number of unbranched alkanes of at least 4 members (excludes halogenated alkanes) is 8. The molecule has 0 aliphatic heterocycles. The molecule has 0 atom stereocenters. The first kappa shape index (κ1) is 28.9. The van der Waals surface area contributed by atoms with Crippen LogP contribution in [-0.4, -0.2) is 25.3 Å². The molecule has 0 aliphatic carbocycles. The maximum absolute atomic E-state index is 10.8. The number of para-hydroxylation sites is 1. The van der Waals surface area contributed by atoms with Crippen molar-refractivity contribution in [1.82, 2.24) is 0 Å². The minimum absolute atomic E-state index is 0. The molecule has 0 amide bonds. The molecular weight excluding hydrogens is 395 g/mol. The Morgan fingerprint density at radius 3 is 1.72 bits per heavy atom. The van der Waals surface area contributed by atoms with Gasteiger partial charge in [0.05, 0.1) is 16.7 Å². The summed E-state index contributed by atoms with van der Waals surface area (Å²) in [4.78, 5) is 0. The van der Waals surface area contributed by atoms with Crippen LogP contribution < -0.4 is 34.3 Å². The van der Waals surface area contributed by atoms with E-state index in [1.807, 2.05) is 0 Å². The number of hydrogen-bond acceptors (Lipinski definition) is 4. The normalized spacial score (nSPS) is 11.3. The zero-order chi connectivity index (χ0) is 20.7. The fraction of sp³-hybridized carbons (Fsp3) is 0.739. The fourth-order valence-corrected chi connectivity index (χ4v) is 3.94. The third kappa shape index (κ3) is 14.5. The largest absolute Gasteiger partial charge is 1.00 e. The van der Waals surface area contributed by atoms with Gasteiger partial charge >= 0.3 is 29.6 Å². The quantitative estimate of drug-likeness (QED) is 0.215. The smallest absolute Gasteiger partial charge is 0.748 e. The first-order chi connectivity index (χ1) is 13.5. The first-order valence-electron chi connectivity index (χ1n) is 11.1. The molecule has 1 aromatic carbocycles. The van der Waals surface area contributed by atoms with Crippen LogP contribution in [0.1, 0.15) is 95.6 Å². The van der Waals surface area contributed by atoms with Gasteiger partial charge in [-0.2, -0.15) is 0 Å². The van der Waals surface area contributed by atoms with Crippen molar-refractivity contribution in [2.24, 2.45) is 0 Å². The second-order valence-electron chi connectivity index (χ2n) is 7.70. The summed E-state index contributed by atoms with van der Waals surface area (Å²) in [5, 5.41) is 0. The van der Waals surface area contributed by atoms with E-state index in [-0.39, 0.29) is 48.3 Å². The predicted molar refractivity (Wildman–Crippen MR) is 116 cm³/mol. The van der Waals surface area contributed by atoms with Gasteiger partial charge in [0, 0.05) is 5.75 Å². The summed E-state index contributed by atoms with van der Waals surface area (Å²) in [6, 6.07) is 6.36. The van der Waals surface area contributed by atoms with Gasteiger partial charge in [-0.3, -0.25) is 0 Å². The third-order valence-corrected chi connectivity index (χ3v) is 5.85. The molecule has 0 radical (unpaired) electrons. The van der Waals surface area contributed by atoms with E-state index in [1.165, 1.54) is 62.5 Å². The Bertz CT molecular complexity index is 600. The standard InChI is InChI=1S/C23H40O4S.Na/c1-3-5-7-9-11-15-21-17-13-18-22(16-12-10-8-6-4-2)23(21)27-19-14-20-28(24,25)26;/h13,17-18H,3-12,14-16,19-20H2,1-2H3,(H,24,25,26);/q;+1/p-1. The molecule has 4 nitrogen and oxygen atoms in total. The van der Waals surface area contributed by atoms with E-state index >= 15 is 0 Å². The van der Waals surface area contributed by atoms with E-state index in [2.05, 4.69) is 32.0 Å². The van der Waals surface area contributed by atoms with Crippen LogP contribution in [0.2, 0.25) is 0 Å². The summed E-state index contributed by atoms with van der Waals surface area (Å²) < 4.78 is 38.5. The molecule has 1 rings (SSSR count). The second-order valence-corrected chi connectivity index (χ2v) is 9.22. The Hall–Kier alpha value is -0.0700.